The molecular formula is C18H20N2O2. The average Bonchev–Trinajstić information content (AvgIpc) is 2.46. The second kappa shape index (κ2) is 7.88. The van der Waals surface area contributed by atoms with Crippen LogP contribution in [0.1, 0.15) is 25.0 Å². The van der Waals surface area contributed by atoms with Crippen molar-refractivity contribution in [1.82, 2.24) is 0 Å². The molecule has 4 heteroatoms. The highest BCUT2D eigenvalue weighted by Gasteiger charge is 2.14. The Hall–Kier alpha value is -2.75. The van der Waals surface area contributed by atoms with Gasteiger partial charge in [0, 0.05) is 29.5 Å². The van der Waals surface area contributed by atoms with E-state index in [0.717, 1.165) is 22.3 Å². The van der Waals surface area contributed by atoms with E-state index in [1.54, 1.807) is 37.4 Å². The molecule has 0 aliphatic carbocycles. The lowest BCUT2D eigenvalue weighted by Crippen LogP contribution is -1.96. The normalized spacial score (nSPS) is 12.5. The molecule has 0 amide bonds. The van der Waals surface area contributed by atoms with Gasteiger partial charge in [0.15, 0.2) is 0 Å². The minimum atomic E-state index is -0.407. The summed E-state index contributed by atoms with van der Waals surface area (Å²) in [6, 6.07) is 4.76. The summed E-state index contributed by atoms with van der Waals surface area (Å²) < 4.78 is 0. The predicted octanol–water partition coefficient (Wildman–Crippen LogP) is 5.02. The molecule has 0 radical (unpaired) electrons. The summed E-state index contributed by atoms with van der Waals surface area (Å²) in [7, 11) is 0. The monoisotopic (exact) mass is 296 g/mol. The molecule has 0 aromatic heterocycles. The molecule has 0 atom stereocenters. The fourth-order valence-electron chi connectivity index (χ4n) is 1.98. The Bertz CT molecular complexity index is 695. The maximum Gasteiger partial charge on any atom is 0.270 e. The molecular weight excluding hydrogens is 276 g/mol. The molecule has 0 aliphatic rings. The Kier molecular flexibility index (Phi) is 6.20. The van der Waals surface area contributed by atoms with Crippen LogP contribution in [0.2, 0.25) is 0 Å². The molecule has 0 unspecified atom stereocenters. The van der Waals surface area contributed by atoms with Crippen molar-refractivity contribution in [2.45, 2.75) is 20.8 Å². The van der Waals surface area contributed by atoms with Gasteiger partial charge < -0.3 is 0 Å². The minimum Gasteiger partial charge on any atom is -0.260 e. The topological polar surface area (TPSA) is 55.5 Å². The van der Waals surface area contributed by atoms with Crippen LogP contribution in [0.4, 0.5) is 5.69 Å². The highest BCUT2D eigenvalue weighted by atomic mass is 16.6. The second-order valence-electron chi connectivity index (χ2n) is 4.78. The van der Waals surface area contributed by atoms with E-state index in [4.69, 9.17) is 0 Å². The summed E-state index contributed by atoms with van der Waals surface area (Å²) in [4.78, 5) is 15.0. The van der Waals surface area contributed by atoms with Gasteiger partial charge >= 0.3 is 0 Å². The first-order valence-electron chi connectivity index (χ1n) is 6.85. The smallest absolute Gasteiger partial charge is 0.260 e. The summed E-state index contributed by atoms with van der Waals surface area (Å²) in [6.07, 6.45) is 6.98. The van der Waals surface area contributed by atoms with Gasteiger partial charge in [0.05, 0.1) is 10.6 Å². The molecule has 4 nitrogen and oxygen atoms in total. The highest BCUT2D eigenvalue weighted by Crippen LogP contribution is 2.30. The zero-order valence-corrected chi connectivity index (χ0v) is 13.2. The number of aliphatic imine (C=N–C) groups is 1. The number of nitro groups is 1. The quantitative estimate of drug-likeness (QED) is 0.320. The van der Waals surface area contributed by atoms with Crippen molar-refractivity contribution >= 4 is 17.6 Å². The van der Waals surface area contributed by atoms with Gasteiger partial charge in [0.1, 0.15) is 0 Å². The summed E-state index contributed by atoms with van der Waals surface area (Å²) in [5, 5.41) is 11.0. The van der Waals surface area contributed by atoms with Crippen LogP contribution in [-0.4, -0.2) is 11.1 Å². The molecule has 0 aliphatic heterocycles. The Morgan fingerprint density at radius 1 is 1.41 bits per heavy atom. The number of hydrogen-bond acceptors (Lipinski definition) is 3. The molecule has 0 fully saturated rings. The Morgan fingerprint density at radius 2 is 2.09 bits per heavy atom. The first-order chi connectivity index (χ1) is 10.4. The van der Waals surface area contributed by atoms with Gasteiger partial charge in [-0.1, -0.05) is 37.5 Å². The molecule has 1 aromatic carbocycles. The fourth-order valence-corrected chi connectivity index (χ4v) is 1.98. The third-order valence-corrected chi connectivity index (χ3v) is 3.06. The maximum atomic E-state index is 11.0. The molecule has 22 heavy (non-hydrogen) atoms. The van der Waals surface area contributed by atoms with Crippen LogP contribution in [0.3, 0.4) is 0 Å². The van der Waals surface area contributed by atoms with Gasteiger partial charge in [-0.15, -0.1) is 0 Å². The van der Waals surface area contributed by atoms with Crippen LogP contribution in [0.15, 0.2) is 65.7 Å². The number of nitrogens with zero attached hydrogens (tertiary/aromatic N) is 2. The van der Waals surface area contributed by atoms with E-state index in [0.29, 0.717) is 5.70 Å². The molecule has 0 N–H and O–H groups in total. The summed E-state index contributed by atoms with van der Waals surface area (Å²) >= 11 is 0. The largest absolute Gasteiger partial charge is 0.270 e. The van der Waals surface area contributed by atoms with E-state index >= 15 is 0 Å². The van der Waals surface area contributed by atoms with Crippen molar-refractivity contribution in [2.24, 2.45) is 4.99 Å². The molecule has 0 heterocycles. The highest BCUT2D eigenvalue weighted by molar-refractivity contribution is 5.81. The van der Waals surface area contributed by atoms with Gasteiger partial charge in [-0.25, -0.2) is 0 Å². The van der Waals surface area contributed by atoms with Crippen LogP contribution in [-0.2, 0) is 0 Å². The lowest BCUT2D eigenvalue weighted by Gasteiger charge is -2.11. The number of allylic oxidation sites excluding steroid dienone is 5. The van der Waals surface area contributed by atoms with E-state index < -0.39 is 4.92 Å². The van der Waals surface area contributed by atoms with Crippen molar-refractivity contribution in [3.8, 4) is 0 Å². The first kappa shape index (κ1) is 17.3. The molecule has 0 saturated carbocycles. The van der Waals surface area contributed by atoms with Gasteiger partial charge in [0.2, 0.25) is 0 Å². The van der Waals surface area contributed by atoms with E-state index in [1.165, 1.54) is 6.07 Å². The fraction of sp³-hybridized carbons (Fsp3) is 0.167. The summed E-state index contributed by atoms with van der Waals surface area (Å²) in [5.74, 6) is 0. The van der Waals surface area contributed by atoms with Crippen LogP contribution in [0.5, 0.6) is 0 Å². The zero-order chi connectivity index (χ0) is 16.7. The molecule has 1 rings (SSSR count). The third-order valence-electron chi connectivity index (χ3n) is 3.06. The molecule has 114 valence electrons. The summed E-state index contributed by atoms with van der Waals surface area (Å²) in [5.41, 5.74) is 3.98. The van der Waals surface area contributed by atoms with Crippen LogP contribution in [0, 0.1) is 17.0 Å². The van der Waals surface area contributed by atoms with Gasteiger partial charge in [0.25, 0.3) is 5.69 Å². The van der Waals surface area contributed by atoms with Crippen molar-refractivity contribution in [2.75, 3.05) is 0 Å². The van der Waals surface area contributed by atoms with Crippen LogP contribution >= 0.6 is 0 Å². The maximum absolute atomic E-state index is 11.0. The lowest BCUT2D eigenvalue weighted by atomic mass is 9.97. The standard InChI is InChI=1S/C18H20N2O2/c1-6-8-9-16(13(3)4)18(19-7-2)17-12-15(20(21)22)11-10-14(17)5/h6-12H,1,3H2,2,4-5H3/b9-8-,18-16-,19-7-. The van der Waals surface area contributed by atoms with Gasteiger partial charge in [-0.05, 0) is 31.9 Å². The van der Waals surface area contributed by atoms with Crippen LogP contribution < -0.4 is 0 Å². The zero-order valence-electron chi connectivity index (χ0n) is 13.2. The Balaban J connectivity index is 3.70. The van der Waals surface area contributed by atoms with Crippen molar-refractivity contribution < 1.29 is 4.92 Å². The van der Waals surface area contributed by atoms with Crippen molar-refractivity contribution in [1.29, 1.82) is 0 Å². The molecule has 0 saturated heterocycles. The van der Waals surface area contributed by atoms with Crippen molar-refractivity contribution in [3.05, 3.63) is 82.0 Å². The minimum absolute atomic E-state index is 0.0400. The molecule has 0 spiro atoms. The lowest BCUT2D eigenvalue weighted by molar-refractivity contribution is -0.384. The second-order valence-corrected chi connectivity index (χ2v) is 4.78. The number of nitro benzene ring substituents is 1. The first-order valence-corrected chi connectivity index (χ1v) is 6.85. The van der Waals surface area contributed by atoms with Crippen molar-refractivity contribution in [3.63, 3.8) is 0 Å². The Morgan fingerprint density at radius 3 is 2.59 bits per heavy atom. The van der Waals surface area contributed by atoms with Gasteiger partial charge in [-0.2, -0.15) is 0 Å². The molecule has 1 aromatic rings. The van der Waals surface area contributed by atoms with Crippen LogP contribution in [0.25, 0.3) is 5.70 Å². The van der Waals surface area contributed by atoms with Gasteiger partial charge in [-0.3, -0.25) is 15.1 Å². The SMILES string of the molecule is C=C\C=C/C(C(=C)C)=C(/N=C\C)c1cc([N+](=O)[O-])ccc1C. The number of benzene rings is 1. The predicted molar refractivity (Wildman–Crippen MR) is 93.1 cm³/mol. The summed E-state index contributed by atoms with van der Waals surface area (Å²) in [6.45, 7) is 13.2. The van der Waals surface area contributed by atoms with E-state index in [2.05, 4.69) is 18.2 Å². The number of aryl methyl sites for hydroxylation is 1. The number of non-ortho nitro benzene ring substituents is 1. The van der Waals surface area contributed by atoms with E-state index in [1.807, 2.05) is 19.9 Å². The number of rotatable bonds is 6. The van der Waals surface area contributed by atoms with E-state index in [9.17, 15) is 10.1 Å². The number of hydrogen-bond donors (Lipinski definition) is 0. The van der Waals surface area contributed by atoms with E-state index in [-0.39, 0.29) is 5.69 Å². The average molecular weight is 296 g/mol. The Labute approximate surface area is 131 Å². The third kappa shape index (κ3) is 4.12. The molecule has 0 bridgehead atoms.